The van der Waals surface area contributed by atoms with E-state index in [1.54, 1.807) is 36.4 Å². The van der Waals surface area contributed by atoms with Gasteiger partial charge in [-0.05, 0) is 61.2 Å². The molecule has 1 fully saturated rings. The number of hydrogen-bond donors (Lipinski definition) is 1. The Morgan fingerprint density at radius 2 is 1.88 bits per heavy atom. The number of sulfonamides is 1. The molecule has 1 amide bonds. The minimum Gasteiger partial charge on any atom is -0.320 e. The molecule has 0 bridgehead atoms. The largest absolute Gasteiger partial charge is 0.320 e. The second-order valence-corrected chi connectivity index (χ2v) is 10.9. The summed E-state index contributed by atoms with van der Waals surface area (Å²) in [6, 6.07) is 13.4. The Labute approximate surface area is 196 Å². The quantitative estimate of drug-likeness (QED) is 0.507. The van der Waals surface area contributed by atoms with E-state index >= 15 is 0 Å². The summed E-state index contributed by atoms with van der Waals surface area (Å²) in [4.78, 5) is 12.8. The molecule has 0 radical (unpaired) electrons. The van der Waals surface area contributed by atoms with Gasteiger partial charge in [-0.25, -0.2) is 8.42 Å². The van der Waals surface area contributed by atoms with Crippen LogP contribution >= 0.6 is 22.9 Å². The molecule has 4 rings (SSSR count). The van der Waals surface area contributed by atoms with Crippen LogP contribution in [0.5, 0.6) is 0 Å². The van der Waals surface area contributed by atoms with Crippen LogP contribution in [0.3, 0.4) is 0 Å². The first kappa shape index (κ1) is 22.8. The summed E-state index contributed by atoms with van der Waals surface area (Å²) in [5, 5.41) is 12.2. The van der Waals surface area contributed by atoms with Crippen molar-refractivity contribution in [3.05, 3.63) is 69.1 Å². The van der Waals surface area contributed by atoms with Gasteiger partial charge >= 0.3 is 0 Å². The van der Waals surface area contributed by atoms with Crippen molar-refractivity contribution in [3.8, 4) is 0 Å². The molecule has 1 aromatic heterocycles. The first-order chi connectivity index (χ1) is 15.4. The summed E-state index contributed by atoms with van der Waals surface area (Å²) in [6.45, 7) is 2.50. The molecule has 1 saturated heterocycles. The van der Waals surface area contributed by atoms with E-state index in [9.17, 15) is 13.2 Å². The summed E-state index contributed by atoms with van der Waals surface area (Å²) in [5.74, 6) is -0.394. The number of rotatable bonds is 7. The van der Waals surface area contributed by atoms with Crippen molar-refractivity contribution in [2.45, 2.75) is 43.5 Å². The number of nitrogens with one attached hydrogen (secondary N) is 1. The maximum absolute atomic E-state index is 13.3. The number of hydrogen-bond acceptors (Lipinski definition) is 6. The highest BCUT2D eigenvalue weighted by molar-refractivity contribution is 7.89. The number of halogens is 1. The van der Waals surface area contributed by atoms with Crippen LogP contribution in [0, 0.1) is 0 Å². The predicted molar refractivity (Wildman–Crippen MR) is 126 cm³/mol. The standard InChI is InChI=1S/C22H23ClN4O3S2/c1-2-4-15-6-12-18(13-7-15)32(29,30)27-14-3-5-19(27)21-25-26-22(31-21)20(28)24-17-10-8-16(23)9-11-17/h6-13,19H,2-5,14H2,1H3,(H,24,28)/t19-/m0/s1. The Morgan fingerprint density at radius 3 is 2.56 bits per heavy atom. The molecule has 32 heavy (non-hydrogen) atoms. The van der Waals surface area contributed by atoms with Gasteiger partial charge in [-0.15, -0.1) is 10.2 Å². The Bertz CT molecular complexity index is 1190. The predicted octanol–water partition coefficient (Wildman–Crippen LogP) is 4.92. The van der Waals surface area contributed by atoms with Crippen LogP contribution in [0.2, 0.25) is 5.02 Å². The molecule has 0 saturated carbocycles. The molecule has 0 spiro atoms. The van der Waals surface area contributed by atoms with Crippen LogP contribution in [0.1, 0.15) is 52.6 Å². The van der Waals surface area contributed by atoms with Gasteiger partial charge in [-0.1, -0.05) is 48.4 Å². The Morgan fingerprint density at radius 1 is 1.16 bits per heavy atom. The minimum absolute atomic E-state index is 0.183. The lowest BCUT2D eigenvalue weighted by molar-refractivity contribution is 0.102. The van der Waals surface area contributed by atoms with E-state index in [0.29, 0.717) is 28.7 Å². The van der Waals surface area contributed by atoms with Gasteiger partial charge in [-0.3, -0.25) is 4.79 Å². The Kier molecular flexibility index (Phi) is 6.90. The van der Waals surface area contributed by atoms with E-state index in [0.717, 1.165) is 36.2 Å². The third-order valence-corrected chi connectivity index (χ3v) is 8.49. The second-order valence-electron chi connectivity index (χ2n) is 7.57. The maximum Gasteiger partial charge on any atom is 0.286 e. The van der Waals surface area contributed by atoms with Crippen LogP contribution in [0.25, 0.3) is 0 Å². The van der Waals surface area contributed by atoms with E-state index in [1.165, 1.54) is 4.31 Å². The first-order valence-electron chi connectivity index (χ1n) is 10.4. The summed E-state index contributed by atoms with van der Waals surface area (Å²) in [6.07, 6.45) is 3.29. The molecule has 2 heterocycles. The zero-order valence-corrected chi connectivity index (χ0v) is 19.9. The van der Waals surface area contributed by atoms with Crippen LogP contribution in [0.15, 0.2) is 53.4 Å². The summed E-state index contributed by atoms with van der Waals surface area (Å²) < 4.78 is 28.1. The fraction of sp³-hybridized carbons (Fsp3) is 0.318. The van der Waals surface area contributed by atoms with Crippen LogP contribution < -0.4 is 5.32 Å². The van der Waals surface area contributed by atoms with Crippen molar-refractivity contribution in [2.24, 2.45) is 0 Å². The lowest BCUT2D eigenvalue weighted by Gasteiger charge is -2.22. The molecule has 1 N–H and O–H groups in total. The molecule has 2 aromatic carbocycles. The summed E-state index contributed by atoms with van der Waals surface area (Å²) in [5.41, 5.74) is 1.71. The molecule has 1 aliphatic heterocycles. The highest BCUT2D eigenvalue weighted by Crippen LogP contribution is 2.37. The molecule has 168 valence electrons. The zero-order chi connectivity index (χ0) is 22.7. The monoisotopic (exact) mass is 490 g/mol. The van der Waals surface area contributed by atoms with Gasteiger partial charge in [0.15, 0.2) is 0 Å². The van der Waals surface area contributed by atoms with Crippen molar-refractivity contribution in [1.82, 2.24) is 14.5 Å². The third kappa shape index (κ3) is 4.85. The Balaban J connectivity index is 1.51. The SMILES string of the molecule is CCCc1ccc(S(=O)(=O)N2CCC[C@H]2c2nnc(C(=O)Nc3ccc(Cl)cc3)s2)cc1. The fourth-order valence-electron chi connectivity index (χ4n) is 3.71. The van der Waals surface area contributed by atoms with Crippen LogP contribution in [-0.4, -0.2) is 35.4 Å². The van der Waals surface area contributed by atoms with Crippen LogP contribution in [-0.2, 0) is 16.4 Å². The number of amides is 1. The lowest BCUT2D eigenvalue weighted by atomic mass is 10.1. The second kappa shape index (κ2) is 9.66. The number of benzene rings is 2. The molecule has 7 nitrogen and oxygen atoms in total. The van der Waals surface area contributed by atoms with E-state index in [4.69, 9.17) is 11.6 Å². The van der Waals surface area contributed by atoms with E-state index in [2.05, 4.69) is 22.4 Å². The van der Waals surface area contributed by atoms with E-state index < -0.39 is 22.0 Å². The smallest absolute Gasteiger partial charge is 0.286 e. The van der Waals surface area contributed by atoms with Gasteiger partial charge in [0.25, 0.3) is 5.91 Å². The first-order valence-corrected chi connectivity index (χ1v) is 13.0. The topological polar surface area (TPSA) is 92.3 Å². The minimum atomic E-state index is -3.67. The molecule has 10 heteroatoms. The van der Waals surface area contributed by atoms with Gasteiger partial charge in [0.2, 0.25) is 15.0 Å². The summed E-state index contributed by atoms with van der Waals surface area (Å²) in [7, 11) is -3.67. The van der Waals surface area contributed by atoms with Crippen molar-refractivity contribution < 1.29 is 13.2 Å². The van der Waals surface area contributed by atoms with Crippen molar-refractivity contribution in [3.63, 3.8) is 0 Å². The van der Waals surface area contributed by atoms with Crippen molar-refractivity contribution in [1.29, 1.82) is 0 Å². The molecular weight excluding hydrogens is 468 g/mol. The molecule has 1 atom stereocenters. The molecular formula is C22H23ClN4O3S2. The average Bonchev–Trinajstić information content (AvgIpc) is 3.46. The average molecular weight is 491 g/mol. The lowest BCUT2D eigenvalue weighted by Crippen LogP contribution is -2.30. The highest BCUT2D eigenvalue weighted by atomic mass is 35.5. The van der Waals surface area contributed by atoms with Crippen molar-refractivity contribution >= 4 is 44.6 Å². The molecule has 3 aromatic rings. The third-order valence-electron chi connectivity index (χ3n) is 5.29. The van der Waals surface area contributed by atoms with Gasteiger partial charge in [0, 0.05) is 17.3 Å². The van der Waals surface area contributed by atoms with Crippen molar-refractivity contribution in [2.75, 3.05) is 11.9 Å². The number of carbonyl (C=O) groups is 1. The normalized spacial score (nSPS) is 16.9. The number of nitrogens with zero attached hydrogens (tertiary/aromatic N) is 3. The van der Waals surface area contributed by atoms with Crippen LogP contribution in [0.4, 0.5) is 5.69 Å². The van der Waals surface area contributed by atoms with E-state index in [1.807, 2.05) is 12.1 Å². The summed E-state index contributed by atoms with van der Waals surface area (Å²) >= 11 is 6.99. The van der Waals surface area contributed by atoms with Gasteiger partial charge in [0.05, 0.1) is 10.9 Å². The number of aryl methyl sites for hydroxylation is 1. The highest BCUT2D eigenvalue weighted by Gasteiger charge is 2.38. The molecule has 1 aliphatic rings. The number of anilines is 1. The van der Waals surface area contributed by atoms with Gasteiger partial charge in [0.1, 0.15) is 5.01 Å². The number of carbonyl (C=O) groups excluding carboxylic acids is 1. The zero-order valence-electron chi connectivity index (χ0n) is 17.5. The van der Waals surface area contributed by atoms with Gasteiger partial charge in [-0.2, -0.15) is 4.31 Å². The Hall–Kier alpha value is -2.33. The molecule has 0 unspecified atom stereocenters. The fourth-order valence-corrected chi connectivity index (χ4v) is 6.45. The maximum atomic E-state index is 13.3. The van der Waals surface area contributed by atoms with E-state index in [-0.39, 0.29) is 9.90 Å². The number of aromatic nitrogens is 2. The molecule has 0 aliphatic carbocycles. The van der Waals surface area contributed by atoms with Gasteiger partial charge < -0.3 is 5.32 Å².